The molecule has 2 rings (SSSR count). The lowest BCUT2D eigenvalue weighted by molar-refractivity contribution is 0.0756. The molecule has 1 amide bonds. The molecule has 0 spiro atoms. The van der Waals surface area contributed by atoms with Crippen LogP contribution < -0.4 is 5.32 Å². The minimum absolute atomic E-state index is 0.207. The predicted octanol–water partition coefficient (Wildman–Crippen LogP) is 2.88. The van der Waals surface area contributed by atoms with Crippen LogP contribution in [-0.4, -0.2) is 40.2 Å². The maximum Gasteiger partial charge on any atom is 0.273 e. The second-order valence-corrected chi connectivity index (χ2v) is 6.36. The molecule has 0 atom stereocenters. The van der Waals surface area contributed by atoms with Gasteiger partial charge in [0, 0.05) is 17.6 Å². The van der Waals surface area contributed by atoms with Crippen molar-refractivity contribution in [1.29, 1.82) is 0 Å². The van der Waals surface area contributed by atoms with Gasteiger partial charge in [-0.2, -0.15) is 0 Å². The molecule has 1 N–H and O–H groups in total. The number of rotatable bonds is 7. The largest absolute Gasteiger partial charge is 0.379 e. The Hall–Kier alpha value is -1.73. The van der Waals surface area contributed by atoms with Crippen molar-refractivity contribution < 1.29 is 9.53 Å². The SMILES string of the molecule is Cc1c(C(=O)NCCCOC(C)C)nnn1-c1ccc(Br)cc1. The van der Waals surface area contributed by atoms with Crippen molar-refractivity contribution in [2.24, 2.45) is 0 Å². The molecule has 0 radical (unpaired) electrons. The molecule has 1 aromatic heterocycles. The van der Waals surface area contributed by atoms with Gasteiger partial charge in [0.1, 0.15) is 0 Å². The summed E-state index contributed by atoms with van der Waals surface area (Å²) in [5.41, 5.74) is 1.92. The molecule has 7 heteroatoms. The van der Waals surface area contributed by atoms with E-state index in [1.807, 2.05) is 45.0 Å². The smallest absolute Gasteiger partial charge is 0.273 e. The second-order valence-electron chi connectivity index (χ2n) is 5.44. The molecule has 0 aliphatic carbocycles. The van der Waals surface area contributed by atoms with Crippen molar-refractivity contribution in [2.75, 3.05) is 13.2 Å². The fourth-order valence-corrected chi connectivity index (χ4v) is 2.31. The van der Waals surface area contributed by atoms with Gasteiger partial charge in [0.05, 0.1) is 17.5 Å². The first-order chi connectivity index (χ1) is 11.0. The monoisotopic (exact) mass is 380 g/mol. The summed E-state index contributed by atoms with van der Waals surface area (Å²) in [6.45, 7) is 6.99. The standard InChI is InChI=1S/C16H21BrN4O2/c1-11(2)23-10-4-9-18-16(22)15-12(3)21(20-19-15)14-7-5-13(17)6-8-14/h5-8,11H,4,9-10H2,1-3H3,(H,18,22). The lowest BCUT2D eigenvalue weighted by Crippen LogP contribution is -2.26. The molecule has 0 aliphatic rings. The minimum Gasteiger partial charge on any atom is -0.379 e. The highest BCUT2D eigenvalue weighted by Crippen LogP contribution is 2.16. The van der Waals surface area contributed by atoms with E-state index in [-0.39, 0.29) is 12.0 Å². The highest BCUT2D eigenvalue weighted by molar-refractivity contribution is 9.10. The van der Waals surface area contributed by atoms with Crippen molar-refractivity contribution >= 4 is 21.8 Å². The number of nitrogens with zero attached hydrogens (tertiary/aromatic N) is 3. The van der Waals surface area contributed by atoms with Gasteiger partial charge in [-0.15, -0.1) is 5.10 Å². The fraction of sp³-hybridized carbons (Fsp3) is 0.438. The van der Waals surface area contributed by atoms with Gasteiger partial charge in [-0.1, -0.05) is 21.1 Å². The van der Waals surface area contributed by atoms with Gasteiger partial charge < -0.3 is 10.1 Å². The molecule has 0 saturated carbocycles. The highest BCUT2D eigenvalue weighted by atomic mass is 79.9. The first-order valence-corrected chi connectivity index (χ1v) is 8.36. The Bertz CT molecular complexity index is 653. The highest BCUT2D eigenvalue weighted by Gasteiger charge is 2.16. The molecule has 0 unspecified atom stereocenters. The maximum absolute atomic E-state index is 12.2. The van der Waals surface area contributed by atoms with Crippen LogP contribution in [0.1, 0.15) is 36.5 Å². The van der Waals surface area contributed by atoms with Gasteiger partial charge in [-0.05, 0) is 51.5 Å². The maximum atomic E-state index is 12.2. The molecule has 0 bridgehead atoms. The molecule has 124 valence electrons. The van der Waals surface area contributed by atoms with E-state index in [0.29, 0.717) is 24.5 Å². The molecule has 6 nitrogen and oxygen atoms in total. The Labute approximate surface area is 144 Å². The van der Waals surface area contributed by atoms with Crippen LogP contribution in [0.5, 0.6) is 0 Å². The fourth-order valence-electron chi connectivity index (χ4n) is 2.04. The number of benzene rings is 1. The first-order valence-electron chi connectivity index (χ1n) is 7.57. The van der Waals surface area contributed by atoms with Crippen LogP contribution in [-0.2, 0) is 4.74 Å². The second kappa shape index (κ2) is 8.21. The quantitative estimate of drug-likeness (QED) is 0.749. The molecule has 0 saturated heterocycles. The summed E-state index contributed by atoms with van der Waals surface area (Å²) < 4.78 is 8.08. The zero-order valence-corrected chi connectivity index (χ0v) is 15.1. The molecule has 2 aromatic rings. The average Bonchev–Trinajstić information content (AvgIpc) is 2.89. The van der Waals surface area contributed by atoms with Gasteiger partial charge in [-0.25, -0.2) is 4.68 Å². The van der Waals surface area contributed by atoms with Crippen LogP contribution in [0, 0.1) is 6.92 Å². The number of carbonyl (C=O) groups excluding carboxylic acids is 1. The zero-order chi connectivity index (χ0) is 16.8. The van der Waals surface area contributed by atoms with E-state index < -0.39 is 0 Å². The van der Waals surface area contributed by atoms with Crippen LogP contribution in [0.2, 0.25) is 0 Å². The van der Waals surface area contributed by atoms with E-state index in [0.717, 1.165) is 16.6 Å². The third-order valence-electron chi connectivity index (χ3n) is 3.24. The van der Waals surface area contributed by atoms with Gasteiger partial charge in [0.2, 0.25) is 0 Å². The molecule has 1 aromatic carbocycles. The van der Waals surface area contributed by atoms with Gasteiger partial charge >= 0.3 is 0 Å². The number of aromatic nitrogens is 3. The molecule has 1 heterocycles. The predicted molar refractivity (Wildman–Crippen MR) is 91.8 cm³/mol. The zero-order valence-electron chi connectivity index (χ0n) is 13.5. The lowest BCUT2D eigenvalue weighted by atomic mass is 10.3. The summed E-state index contributed by atoms with van der Waals surface area (Å²) >= 11 is 3.40. The van der Waals surface area contributed by atoms with Gasteiger partial charge in [0.25, 0.3) is 5.91 Å². The van der Waals surface area contributed by atoms with Crippen LogP contribution in [0.4, 0.5) is 0 Å². The number of amides is 1. The number of hydrogen-bond donors (Lipinski definition) is 1. The molecule has 23 heavy (non-hydrogen) atoms. The van der Waals surface area contributed by atoms with Gasteiger partial charge in [-0.3, -0.25) is 4.79 Å². The van der Waals surface area contributed by atoms with Crippen molar-refractivity contribution in [3.8, 4) is 5.69 Å². The first kappa shape index (κ1) is 17.6. The number of carbonyl (C=O) groups is 1. The Kier molecular flexibility index (Phi) is 6.29. The Balaban J connectivity index is 1.96. The van der Waals surface area contributed by atoms with Crippen LogP contribution in [0.3, 0.4) is 0 Å². The van der Waals surface area contributed by atoms with Gasteiger partial charge in [0.15, 0.2) is 5.69 Å². The Morgan fingerprint density at radius 3 is 2.70 bits per heavy atom. The van der Waals surface area contributed by atoms with Crippen molar-refractivity contribution in [3.05, 3.63) is 40.1 Å². The normalized spacial score (nSPS) is 11.0. The third kappa shape index (κ3) is 4.87. The van der Waals surface area contributed by atoms with E-state index in [4.69, 9.17) is 4.74 Å². The summed E-state index contributed by atoms with van der Waals surface area (Å²) in [6, 6.07) is 7.67. The third-order valence-corrected chi connectivity index (χ3v) is 3.77. The van der Waals surface area contributed by atoms with Crippen LogP contribution in [0.15, 0.2) is 28.7 Å². The van der Waals surface area contributed by atoms with E-state index in [9.17, 15) is 4.79 Å². The topological polar surface area (TPSA) is 69.0 Å². The molecule has 0 fully saturated rings. The summed E-state index contributed by atoms with van der Waals surface area (Å²) in [5.74, 6) is -0.213. The van der Waals surface area contributed by atoms with E-state index in [2.05, 4.69) is 31.6 Å². The Morgan fingerprint density at radius 2 is 2.04 bits per heavy atom. The van der Waals surface area contributed by atoms with E-state index in [1.165, 1.54) is 0 Å². The van der Waals surface area contributed by atoms with Crippen LogP contribution in [0.25, 0.3) is 5.69 Å². The van der Waals surface area contributed by atoms with E-state index >= 15 is 0 Å². The average molecular weight is 381 g/mol. The minimum atomic E-state index is -0.213. The lowest BCUT2D eigenvalue weighted by Gasteiger charge is -2.08. The summed E-state index contributed by atoms with van der Waals surface area (Å²) in [6.07, 6.45) is 0.975. The number of hydrogen-bond acceptors (Lipinski definition) is 4. The van der Waals surface area contributed by atoms with Crippen molar-refractivity contribution in [3.63, 3.8) is 0 Å². The van der Waals surface area contributed by atoms with E-state index in [1.54, 1.807) is 4.68 Å². The Morgan fingerprint density at radius 1 is 1.35 bits per heavy atom. The number of nitrogens with one attached hydrogen (secondary N) is 1. The molecular formula is C16H21BrN4O2. The summed E-state index contributed by atoms with van der Waals surface area (Å²) in [7, 11) is 0. The van der Waals surface area contributed by atoms with Crippen LogP contribution >= 0.6 is 15.9 Å². The summed E-state index contributed by atoms with van der Waals surface area (Å²) in [4.78, 5) is 12.2. The number of halogens is 1. The van der Waals surface area contributed by atoms with Crippen molar-refractivity contribution in [1.82, 2.24) is 20.3 Å². The van der Waals surface area contributed by atoms with Crippen molar-refractivity contribution in [2.45, 2.75) is 33.3 Å². The molecule has 0 aliphatic heterocycles. The molecular weight excluding hydrogens is 360 g/mol. The number of ether oxygens (including phenoxy) is 1. The summed E-state index contributed by atoms with van der Waals surface area (Å²) in [5, 5.41) is 10.9.